The summed E-state index contributed by atoms with van der Waals surface area (Å²) in [7, 11) is 4.05. The van der Waals surface area contributed by atoms with Gasteiger partial charge in [-0.15, -0.1) is 0 Å². The minimum Gasteiger partial charge on any atom is -0.378 e. The summed E-state index contributed by atoms with van der Waals surface area (Å²) in [6.45, 7) is 2.03. The molecule has 0 aliphatic carbocycles. The van der Waals surface area contributed by atoms with E-state index in [0.29, 0.717) is 0 Å². The number of hydrogen-bond donors (Lipinski definition) is 1. The Balaban J connectivity index is 2.31. The van der Waals surface area contributed by atoms with Crippen LogP contribution in [0, 0.1) is 18.8 Å². The standard InChI is InChI=1S/C18H19N3/c1-15-5-4-12-19-14-20-17(13-15)9-6-16-7-10-18(11-8-16)21(2)3/h4-5,7-8,10-14H,1-3H3,(H,19,20). The van der Waals surface area contributed by atoms with Crippen LogP contribution in [0.25, 0.3) is 0 Å². The summed E-state index contributed by atoms with van der Waals surface area (Å²) in [6.07, 6.45) is 3.37. The van der Waals surface area contributed by atoms with Gasteiger partial charge in [0.2, 0.25) is 0 Å². The number of benzene rings is 1. The van der Waals surface area contributed by atoms with Crippen molar-refractivity contribution < 1.29 is 0 Å². The molecule has 0 spiro atoms. The van der Waals surface area contributed by atoms with Crippen LogP contribution in [-0.4, -0.2) is 24.1 Å². The summed E-state index contributed by atoms with van der Waals surface area (Å²) in [6, 6.07) is 14.1. The normalized spacial score (nSPS) is 9.29. The van der Waals surface area contributed by atoms with Crippen molar-refractivity contribution in [1.29, 1.82) is 0 Å². The summed E-state index contributed by atoms with van der Waals surface area (Å²) in [5.41, 5.74) is 4.10. The molecular weight excluding hydrogens is 258 g/mol. The number of aromatic nitrogens is 2. The minimum absolute atomic E-state index is 0.827. The van der Waals surface area contributed by atoms with Crippen LogP contribution in [0.15, 0.2) is 55.0 Å². The zero-order valence-corrected chi connectivity index (χ0v) is 12.6. The van der Waals surface area contributed by atoms with Gasteiger partial charge in [-0.05, 0) is 54.8 Å². The van der Waals surface area contributed by atoms with Crippen LogP contribution in [0.4, 0.5) is 5.69 Å². The predicted molar refractivity (Wildman–Crippen MR) is 87.7 cm³/mol. The van der Waals surface area contributed by atoms with Gasteiger partial charge in [0.15, 0.2) is 0 Å². The van der Waals surface area contributed by atoms with Gasteiger partial charge < -0.3 is 9.88 Å². The van der Waals surface area contributed by atoms with E-state index in [4.69, 9.17) is 0 Å². The Morgan fingerprint density at radius 3 is 2.52 bits per heavy atom. The SMILES string of the molecule is Cc1cccnc[nH]c(C#Cc2ccc(N(C)C)cc2)c1. The molecule has 21 heavy (non-hydrogen) atoms. The lowest BCUT2D eigenvalue weighted by Gasteiger charge is -2.11. The zero-order valence-electron chi connectivity index (χ0n) is 12.6. The second-order valence-electron chi connectivity index (χ2n) is 4.92. The molecule has 3 nitrogen and oxygen atoms in total. The molecule has 2 aromatic rings. The fourth-order valence-corrected chi connectivity index (χ4v) is 1.77. The molecule has 3 heteroatoms. The highest BCUT2D eigenvalue weighted by Gasteiger charge is 1.93. The van der Waals surface area contributed by atoms with E-state index in [1.807, 2.05) is 51.4 Å². The summed E-state index contributed by atoms with van der Waals surface area (Å²) in [4.78, 5) is 9.24. The highest BCUT2D eigenvalue weighted by molar-refractivity contribution is 5.50. The second-order valence-corrected chi connectivity index (χ2v) is 4.92. The van der Waals surface area contributed by atoms with Crippen LogP contribution >= 0.6 is 0 Å². The summed E-state index contributed by atoms with van der Waals surface area (Å²) >= 11 is 0. The smallest absolute Gasteiger partial charge is 0.0927 e. The lowest BCUT2D eigenvalue weighted by molar-refractivity contribution is 1.13. The van der Waals surface area contributed by atoms with Crippen molar-refractivity contribution >= 4 is 5.69 Å². The Kier molecular flexibility index (Phi) is 5.00. The molecule has 0 atom stereocenters. The van der Waals surface area contributed by atoms with Crippen molar-refractivity contribution in [3.05, 3.63) is 71.8 Å². The minimum atomic E-state index is 0.827. The van der Waals surface area contributed by atoms with Crippen molar-refractivity contribution in [2.75, 3.05) is 19.0 Å². The Hall–Kier alpha value is -2.73. The van der Waals surface area contributed by atoms with E-state index in [1.165, 1.54) is 0 Å². The molecule has 0 bridgehead atoms. The molecule has 0 fully saturated rings. The first-order valence-corrected chi connectivity index (χ1v) is 6.78. The van der Waals surface area contributed by atoms with Crippen LogP contribution < -0.4 is 4.90 Å². The molecule has 0 amide bonds. The highest BCUT2D eigenvalue weighted by Crippen LogP contribution is 2.11. The van der Waals surface area contributed by atoms with E-state index in [0.717, 1.165) is 22.5 Å². The van der Waals surface area contributed by atoms with Crippen LogP contribution in [0.3, 0.4) is 0 Å². The maximum absolute atomic E-state index is 4.09. The van der Waals surface area contributed by atoms with Gasteiger partial charge in [0.05, 0.1) is 12.0 Å². The average Bonchev–Trinajstić information content (AvgIpc) is 2.57. The zero-order chi connectivity index (χ0) is 15.1. The number of aryl methyl sites for hydroxylation is 1. The third-order valence-electron chi connectivity index (χ3n) is 2.92. The number of anilines is 1. The Morgan fingerprint density at radius 1 is 1.05 bits per heavy atom. The van der Waals surface area contributed by atoms with Gasteiger partial charge in [-0.1, -0.05) is 12.0 Å². The molecule has 0 saturated heterocycles. The maximum atomic E-state index is 4.09. The predicted octanol–water partition coefficient (Wildman–Crippen LogP) is 3.31. The third kappa shape index (κ3) is 4.70. The van der Waals surface area contributed by atoms with Gasteiger partial charge in [0, 0.05) is 31.5 Å². The molecule has 1 heterocycles. The molecular formula is C18H19N3. The van der Waals surface area contributed by atoms with Crippen LogP contribution in [0.1, 0.15) is 16.8 Å². The fourth-order valence-electron chi connectivity index (χ4n) is 1.77. The molecule has 0 radical (unpaired) electrons. The third-order valence-corrected chi connectivity index (χ3v) is 2.92. The number of nitrogens with one attached hydrogen (secondary N) is 1. The van der Waals surface area contributed by atoms with Crippen LogP contribution in [-0.2, 0) is 0 Å². The van der Waals surface area contributed by atoms with E-state index in [9.17, 15) is 0 Å². The molecule has 2 rings (SSSR count). The monoisotopic (exact) mass is 277 g/mol. The summed E-state index contributed by atoms with van der Waals surface area (Å²) < 4.78 is 0. The van der Waals surface area contributed by atoms with E-state index in [1.54, 1.807) is 12.5 Å². The Labute approximate surface area is 126 Å². The first-order valence-electron chi connectivity index (χ1n) is 6.78. The van der Waals surface area contributed by atoms with Gasteiger partial charge in [0.25, 0.3) is 0 Å². The quantitative estimate of drug-likeness (QED) is 0.811. The van der Waals surface area contributed by atoms with Crippen molar-refractivity contribution in [2.24, 2.45) is 0 Å². The highest BCUT2D eigenvalue weighted by atomic mass is 15.1. The molecule has 1 N–H and O–H groups in total. The molecule has 106 valence electrons. The first-order chi connectivity index (χ1) is 10.1. The summed E-state index contributed by atoms with van der Waals surface area (Å²) in [5, 5.41) is 0. The second kappa shape index (κ2) is 7.16. The fraction of sp³-hybridized carbons (Fsp3) is 0.167. The van der Waals surface area contributed by atoms with Crippen molar-refractivity contribution in [2.45, 2.75) is 6.92 Å². The molecule has 0 unspecified atom stereocenters. The van der Waals surface area contributed by atoms with E-state index >= 15 is 0 Å². The number of nitrogens with zero attached hydrogens (tertiary/aromatic N) is 2. The lowest BCUT2D eigenvalue weighted by Crippen LogP contribution is -2.07. The van der Waals surface area contributed by atoms with Gasteiger partial charge in [-0.3, -0.25) is 0 Å². The number of hydrogen-bond acceptors (Lipinski definition) is 2. The molecule has 1 aromatic carbocycles. The summed E-state index contributed by atoms with van der Waals surface area (Å²) in [5.74, 6) is 6.30. The van der Waals surface area contributed by atoms with Gasteiger partial charge in [-0.2, -0.15) is 0 Å². The molecule has 0 saturated carbocycles. The Morgan fingerprint density at radius 2 is 1.81 bits per heavy atom. The van der Waals surface area contributed by atoms with Crippen LogP contribution in [0.2, 0.25) is 0 Å². The van der Waals surface area contributed by atoms with E-state index in [-0.39, 0.29) is 0 Å². The molecule has 0 aliphatic heterocycles. The lowest BCUT2D eigenvalue weighted by atomic mass is 10.2. The maximum Gasteiger partial charge on any atom is 0.0927 e. The van der Waals surface area contributed by atoms with Crippen molar-refractivity contribution in [3.63, 3.8) is 0 Å². The first kappa shape index (κ1) is 14.7. The average molecular weight is 277 g/mol. The molecule has 0 aliphatic rings. The van der Waals surface area contributed by atoms with E-state index < -0.39 is 0 Å². The van der Waals surface area contributed by atoms with Crippen LogP contribution in [0.5, 0.6) is 0 Å². The van der Waals surface area contributed by atoms with Gasteiger partial charge in [-0.25, -0.2) is 4.98 Å². The Bertz CT molecular complexity index is 699. The number of H-pyrrole nitrogens is 1. The topological polar surface area (TPSA) is 31.9 Å². The van der Waals surface area contributed by atoms with Crippen molar-refractivity contribution in [1.82, 2.24) is 9.97 Å². The number of rotatable bonds is 1. The largest absolute Gasteiger partial charge is 0.378 e. The number of aromatic amines is 1. The van der Waals surface area contributed by atoms with Crippen molar-refractivity contribution in [3.8, 4) is 11.8 Å². The van der Waals surface area contributed by atoms with Gasteiger partial charge >= 0.3 is 0 Å². The molecule has 1 aromatic heterocycles. The van der Waals surface area contributed by atoms with Gasteiger partial charge in [0.1, 0.15) is 0 Å². The van der Waals surface area contributed by atoms with E-state index in [2.05, 4.69) is 38.8 Å².